The Kier molecular flexibility index (Phi) is 6.77. The van der Waals surface area contributed by atoms with Gasteiger partial charge in [0.25, 0.3) is 11.8 Å². The number of carbonyl (C=O) groups excluding carboxylic acids is 3. The van der Waals surface area contributed by atoms with Gasteiger partial charge in [-0.05, 0) is 23.6 Å². The standard InChI is InChI=1S/C16H15ClN2O4S/c17-12-3-1-2-4-13(12)19-14(20)9-23-15(21)5-7-18-16(22)11-6-8-24-10-11/h1-4,6,8,10H,5,7,9H2,(H,18,22)(H,19,20). The summed E-state index contributed by atoms with van der Waals surface area (Å²) >= 11 is 7.32. The second kappa shape index (κ2) is 9.05. The van der Waals surface area contributed by atoms with Crippen LogP contribution in [0.4, 0.5) is 5.69 Å². The fourth-order valence-electron chi connectivity index (χ4n) is 1.74. The lowest BCUT2D eigenvalue weighted by molar-refractivity contribution is -0.147. The molecule has 0 aliphatic carbocycles. The Morgan fingerprint density at radius 2 is 1.96 bits per heavy atom. The Hall–Kier alpha value is -2.38. The highest BCUT2D eigenvalue weighted by atomic mass is 35.5. The van der Waals surface area contributed by atoms with Gasteiger partial charge >= 0.3 is 5.97 Å². The molecule has 1 heterocycles. The first-order valence-corrected chi connectivity index (χ1v) is 8.39. The number of halogens is 1. The van der Waals surface area contributed by atoms with Crippen LogP contribution in [-0.2, 0) is 14.3 Å². The molecule has 2 aromatic rings. The maximum Gasteiger partial charge on any atom is 0.308 e. The van der Waals surface area contributed by atoms with Crippen LogP contribution < -0.4 is 10.6 Å². The molecular formula is C16H15ClN2O4S. The zero-order valence-corrected chi connectivity index (χ0v) is 14.2. The van der Waals surface area contributed by atoms with Crippen molar-refractivity contribution < 1.29 is 19.1 Å². The number of hydrogen-bond donors (Lipinski definition) is 2. The second-order valence-electron chi connectivity index (χ2n) is 4.71. The lowest BCUT2D eigenvalue weighted by Crippen LogP contribution is -2.27. The van der Waals surface area contributed by atoms with Crippen LogP contribution in [-0.4, -0.2) is 30.9 Å². The fourth-order valence-corrected chi connectivity index (χ4v) is 2.56. The van der Waals surface area contributed by atoms with Crippen LogP contribution in [0.15, 0.2) is 41.1 Å². The minimum Gasteiger partial charge on any atom is -0.456 e. The highest BCUT2D eigenvalue weighted by Crippen LogP contribution is 2.20. The summed E-state index contributed by atoms with van der Waals surface area (Å²) in [5.41, 5.74) is 0.996. The zero-order chi connectivity index (χ0) is 17.4. The maximum absolute atomic E-state index is 11.7. The number of rotatable bonds is 7. The smallest absolute Gasteiger partial charge is 0.308 e. The third kappa shape index (κ3) is 5.68. The van der Waals surface area contributed by atoms with Crippen LogP contribution in [0.2, 0.25) is 5.02 Å². The largest absolute Gasteiger partial charge is 0.456 e. The first-order chi connectivity index (χ1) is 11.6. The summed E-state index contributed by atoms with van der Waals surface area (Å²) in [6.45, 7) is -0.276. The van der Waals surface area contributed by atoms with E-state index in [-0.39, 0.29) is 18.9 Å². The van der Waals surface area contributed by atoms with Gasteiger partial charge < -0.3 is 15.4 Å². The van der Waals surface area contributed by atoms with E-state index >= 15 is 0 Å². The maximum atomic E-state index is 11.7. The molecule has 2 N–H and O–H groups in total. The minimum atomic E-state index is -0.574. The van der Waals surface area contributed by atoms with Crippen LogP contribution in [0.3, 0.4) is 0 Å². The topological polar surface area (TPSA) is 84.5 Å². The third-order valence-corrected chi connectivity index (χ3v) is 3.92. The van der Waals surface area contributed by atoms with Crippen molar-refractivity contribution in [3.8, 4) is 0 Å². The monoisotopic (exact) mass is 366 g/mol. The third-order valence-electron chi connectivity index (χ3n) is 2.91. The molecule has 0 fully saturated rings. The molecule has 6 nitrogen and oxygen atoms in total. The van der Waals surface area contributed by atoms with Crippen molar-refractivity contribution in [2.24, 2.45) is 0 Å². The van der Waals surface area contributed by atoms with Gasteiger partial charge in [-0.2, -0.15) is 11.3 Å². The fraction of sp³-hybridized carbons (Fsp3) is 0.188. The lowest BCUT2D eigenvalue weighted by Gasteiger charge is -2.08. The summed E-state index contributed by atoms with van der Waals surface area (Å²) in [7, 11) is 0. The first-order valence-electron chi connectivity index (χ1n) is 7.06. The van der Waals surface area contributed by atoms with Crippen LogP contribution in [0.5, 0.6) is 0 Å². The number of thiophene rings is 1. The van der Waals surface area contributed by atoms with Crippen molar-refractivity contribution in [2.45, 2.75) is 6.42 Å². The zero-order valence-electron chi connectivity index (χ0n) is 12.6. The Labute approximate surface area is 147 Å². The quantitative estimate of drug-likeness (QED) is 0.738. The molecule has 1 aromatic carbocycles. The molecule has 8 heteroatoms. The minimum absolute atomic E-state index is 0.0186. The van der Waals surface area contributed by atoms with E-state index in [2.05, 4.69) is 10.6 Å². The van der Waals surface area contributed by atoms with E-state index in [1.165, 1.54) is 11.3 Å². The Balaban J connectivity index is 1.65. The molecule has 0 unspecified atom stereocenters. The molecule has 0 bridgehead atoms. The lowest BCUT2D eigenvalue weighted by atomic mass is 10.3. The highest BCUT2D eigenvalue weighted by Gasteiger charge is 2.10. The predicted molar refractivity (Wildman–Crippen MR) is 92.3 cm³/mol. The first kappa shape index (κ1) is 18.0. The molecule has 0 atom stereocenters. The van der Waals surface area contributed by atoms with Crippen molar-refractivity contribution in [3.05, 3.63) is 51.7 Å². The Morgan fingerprint density at radius 1 is 1.17 bits per heavy atom. The van der Waals surface area contributed by atoms with E-state index < -0.39 is 18.5 Å². The van der Waals surface area contributed by atoms with Gasteiger partial charge in [-0.25, -0.2) is 0 Å². The summed E-state index contributed by atoms with van der Waals surface area (Å²) in [6.07, 6.45) is -0.0186. The van der Waals surface area contributed by atoms with Gasteiger partial charge in [-0.15, -0.1) is 0 Å². The summed E-state index contributed by atoms with van der Waals surface area (Å²) < 4.78 is 4.85. The Morgan fingerprint density at radius 3 is 2.67 bits per heavy atom. The van der Waals surface area contributed by atoms with Gasteiger partial charge in [-0.3, -0.25) is 14.4 Å². The molecule has 0 aliphatic rings. The number of esters is 1. The molecule has 1 aromatic heterocycles. The number of ether oxygens (including phenoxy) is 1. The van der Waals surface area contributed by atoms with Crippen LogP contribution in [0.1, 0.15) is 16.8 Å². The number of anilines is 1. The summed E-state index contributed by atoms with van der Waals surface area (Å²) in [4.78, 5) is 34.9. The number of carbonyl (C=O) groups is 3. The predicted octanol–water partition coefficient (Wildman–Crippen LogP) is 2.70. The average molecular weight is 367 g/mol. The molecule has 0 spiro atoms. The van der Waals surface area contributed by atoms with Crippen molar-refractivity contribution >= 4 is 46.4 Å². The van der Waals surface area contributed by atoms with E-state index in [4.69, 9.17) is 16.3 Å². The number of hydrogen-bond acceptors (Lipinski definition) is 5. The van der Waals surface area contributed by atoms with Crippen molar-refractivity contribution in [1.29, 1.82) is 0 Å². The SMILES string of the molecule is O=C(COC(=O)CCNC(=O)c1ccsc1)Nc1ccccc1Cl. The van der Waals surface area contributed by atoms with Gasteiger partial charge in [0.1, 0.15) is 0 Å². The van der Waals surface area contributed by atoms with Gasteiger partial charge in [0.05, 0.1) is 17.1 Å². The molecule has 0 saturated carbocycles. The molecule has 0 aliphatic heterocycles. The molecule has 2 amide bonds. The number of amides is 2. The highest BCUT2D eigenvalue weighted by molar-refractivity contribution is 7.08. The molecule has 24 heavy (non-hydrogen) atoms. The average Bonchev–Trinajstić information content (AvgIpc) is 3.09. The van der Waals surface area contributed by atoms with E-state index in [9.17, 15) is 14.4 Å². The number of para-hydroxylation sites is 1. The number of nitrogens with one attached hydrogen (secondary N) is 2. The molecule has 2 rings (SSSR count). The second-order valence-corrected chi connectivity index (χ2v) is 5.89. The molecule has 0 radical (unpaired) electrons. The molecule has 126 valence electrons. The van der Waals surface area contributed by atoms with Crippen molar-refractivity contribution in [1.82, 2.24) is 5.32 Å². The molecular weight excluding hydrogens is 352 g/mol. The normalized spacial score (nSPS) is 10.0. The van der Waals surface area contributed by atoms with Crippen molar-refractivity contribution in [3.63, 3.8) is 0 Å². The van der Waals surface area contributed by atoms with Gasteiger partial charge in [0, 0.05) is 17.5 Å². The van der Waals surface area contributed by atoms with Gasteiger partial charge in [-0.1, -0.05) is 23.7 Å². The summed E-state index contributed by atoms with van der Waals surface area (Å²) in [5.74, 6) is -1.31. The van der Waals surface area contributed by atoms with Crippen LogP contribution in [0, 0.1) is 0 Å². The van der Waals surface area contributed by atoms with E-state index in [0.717, 1.165) is 0 Å². The van der Waals surface area contributed by atoms with Gasteiger partial charge in [0.15, 0.2) is 6.61 Å². The molecule has 0 saturated heterocycles. The van der Waals surface area contributed by atoms with E-state index in [1.807, 2.05) is 0 Å². The number of benzene rings is 1. The van der Waals surface area contributed by atoms with Gasteiger partial charge in [0.2, 0.25) is 0 Å². The van der Waals surface area contributed by atoms with E-state index in [0.29, 0.717) is 16.3 Å². The summed E-state index contributed by atoms with van der Waals surface area (Å²) in [5, 5.41) is 9.05. The Bertz CT molecular complexity index is 719. The van der Waals surface area contributed by atoms with Crippen molar-refractivity contribution in [2.75, 3.05) is 18.5 Å². The van der Waals surface area contributed by atoms with Crippen LogP contribution in [0.25, 0.3) is 0 Å². The summed E-state index contributed by atoms with van der Waals surface area (Å²) in [6, 6.07) is 8.44. The van der Waals surface area contributed by atoms with Crippen LogP contribution >= 0.6 is 22.9 Å². The van der Waals surface area contributed by atoms with E-state index in [1.54, 1.807) is 41.1 Å².